The third-order valence-electron chi connectivity index (χ3n) is 2.86. The normalized spacial score (nSPS) is 16.0. The van der Waals surface area contributed by atoms with E-state index in [0.29, 0.717) is 5.92 Å². The highest BCUT2D eigenvalue weighted by molar-refractivity contribution is 7.11. The smallest absolute Gasteiger partial charge is 0.0928 e. The molecule has 0 spiro atoms. The lowest BCUT2D eigenvalue weighted by Crippen LogP contribution is -2.15. The van der Waals surface area contributed by atoms with Crippen molar-refractivity contribution in [2.75, 3.05) is 0 Å². The summed E-state index contributed by atoms with van der Waals surface area (Å²) in [7, 11) is 0. The molecule has 16 heavy (non-hydrogen) atoms. The molecule has 1 aliphatic rings. The van der Waals surface area contributed by atoms with E-state index in [9.17, 15) is 0 Å². The van der Waals surface area contributed by atoms with E-state index < -0.39 is 0 Å². The summed E-state index contributed by atoms with van der Waals surface area (Å²) >= 11 is 1.90. The molecule has 1 aromatic heterocycles. The van der Waals surface area contributed by atoms with Gasteiger partial charge in [-0.25, -0.2) is 4.98 Å². The molecule has 2 nitrogen and oxygen atoms in total. The van der Waals surface area contributed by atoms with Crippen molar-refractivity contribution in [2.45, 2.75) is 59.0 Å². The van der Waals surface area contributed by atoms with Crippen molar-refractivity contribution in [3.8, 4) is 0 Å². The molecule has 0 unspecified atom stereocenters. The number of hydrogen-bond donors (Lipinski definition) is 1. The molecule has 1 heterocycles. The lowest BCUT2D eigenvalue weighted by Gasteiger charge is -2.05. The summed E-state index contributed by atoms with van der Waals surface area (Å²) in [5, 5.41) is 4.89. The third kappa shape index (κ3) is 3.29. The Morgan fingerprint density at radius 1 is 1.44 bits per heavy atom. The Bertz CT molecular complexity index is 340. The molecule has 0 aromatic carbocycles. The number of nitrogens with zero attached hydrogens (tertiary/aromatic N) is 1. The van der Waals surface area contributed by atoms with Gasteiger partial charge in [-0.15, -0.1) is 11.3 Å². The van der Waals surface area contributed by atoms with Gasteiger partial charge in [0.1, 0.15) is 0 Å². The first-order chi connectivity index (χ1) is 7.69. The van der Waals surface area contributed by atoms with Crippen LogP contribution in [0.4, 0.5) is 0 Å². The first-order valence-corrected chi connectivity index (χ1v) is 7.21. The third-order valence-corrected chi connectivity index (χ3v) is 4.10. The van der Waals surface area contributed by atoms with Crippen molar-refractivity contribution in [3.05, 3.63) is 15.6 Å². The van der Waals surface area contributed by atoms with Crippen molar-refractivity contribution in [2.24, 2.45) is 5.92 Å². The largest absolute Gasteiger partial charge is 0.309 e. The number of hydrogen-bond acceptors (Lipinski definition) is 3. The number of thiazole rings is 1. The van der Waals surface area contributed by atoms with Crippen LogP contribution in [0.3, 0.4) is 0 Å². The van der Waals surface area contributed by atoms with Crippen LogP contribution in [0.15, 0.2) is 0 Å². The van der Waals surface area contributed by atoms with Gasteiger partial charge in [-0.2, -0.15) is 0 Å². The molecule has 1 N–H and O–H groups in total. The van der Waals surface area contributed by atoms with Gasteiger partial charge in [-0.05, 0) is 31.6 Å². The zero-order valence-electron chi connectivity index (χ0n) is 10.5. The zero-order valence-corrected chi connectivity index (χ0v) is 11.4. The summed E-state index contributed by atoms with van der Waals surface area (Å²) in [6, 6.07) is 0.791. The van der Waals surface area contributed by atoms with Crippen LogP contribution in [0.2, 0.25) is 0 Å². The highest BCUT2D eigenvalue weighted by Crippen LogP contribution is 2.24. The summed E-state index contributed by atoms with van der Waals surface area (Å²) in [5.41, 5.74) is 1.34. The molecule has 0 atom stereocenters. The summed E-state index contributed by atoms with van der Waals surface area (Å²) in [6.45, 7) is 7.76. The van der Waals surface area contributed by atoms with Crippen molar-refractivity contribution in [1.82, 2.24) is 10.3 Å². The lowest BCUT2D eigenvalue weighted by molar-refractivity contribution is 0.622. The minimum Gasteiger partial charge on any atom is -0.309 e. The van der Waals surface area contributed by atoms with E-state index >= 15 is 0 Å². The van der Waals surface area contributed by atoms with Crippen LogP contribution in [-0.2, 0) is 19.4 Å². The average molecular weight is 238 g/mol. The van der Waals surface area contributed by atoms with Gasteiger partial charge in [0.2, 0.25) is 0 Å². The van der Waals surface area contributed by atoms with E-state index in [4.69, 9.17) is 4.98 Å². The van der Waals surface area contributed by atoms with Crippen LogP contribution in [0.25, 0.3) is 0 Å². The zero-order chi connectivity index (χ0) is 11.5. The van der Waals surface area contributed by atoms with E-state index in [0.717, 1.165) is 25.4 Å². The van der Waals surface area contributed by atoms with Gasteiger partial charge < -0.3 is 5.32 Å². The maximum absolute atomic E-state index is 4.75. The predicted octanol–water partition coefficient (Wildman–Crippen LogP) is 3.16. The Hall–Kier alpha value is -0.410. The van der Waals surface area contributed by atoms with Crippen LogP contribution >= 0.6 is 11.3 Å². The molecule has 1 saturated carbocycles. The molecule has 3 heteroatoms. The Balaban J connectivity index is 2.02. The standard InChI is InChI=1S/C13H22N2S/c1-4-13-15-11(7-9(2)3)12(16-13)8-14-10-5-6-10/h9-10,14H,4-8H2,1-3H3. The quantitative estimate of drug-likeness (QED) is 0.823. The van der Waals surface area contributed by atoms with Gasteiger partial charge in [0.05, 0.1) is 10.7 Å². The Kier molecular flexibility index (Phi) is 3.98. The molecular weight excluding hydrogens is 216 g/mol. The van der Waals surface area contributed by atoms with Crippen LogP contribution in [0.5, 0.6) is 0 Å². The summed E-state index contributed by atoms with van der Waals surface area (Å²) < 4.78 is 0. The van der Waals surface area contributed by atoms with Crippen molar-refractivity contribution in [3.63, 3.8) is 0 Å². The first kappa shape index (κ1) is 12.1. The molecule has 0 saturated heterocycles. The van der Waals surface area contributed by atoms with Crippen LogP contribution < -0.4 is 5.32 Å². The summed E-state index contributed by atoms with van der Waals surface area (Å²) in [4.78, 5) is 6.22. The molecule has 1 aromatic rings. The minimum atomic E-state index is 0.700. The second-order valence-corrected chi connectivity index (χ2v) is 6.25. The van der Waals surface area contributed by atoms with E-state index in [1.54, 1.807) is 0 Å². The molecule has 90 valence electrons. The SMILES string of the molecule is CCc1nc(CC(C)C)c(CNC2CC2)s1. The Labute approximate surface area is 102 Å². The van der Waals surface area contributed by atoms with Gasteiger partial charge in [0.25, 0.3) is 0 Å². The van der Waals surface area contributed by atoms with Gasteiger partial charge in [0.15, 0.2) is 0 Å². The van der Waals surface area contributed by atoms with Crippen molar-refractivity contribution in [1.29, 1.82) is 0 Å². The van der Waals surface area contributed by atoms with Crippen LogP contribution in [0, 0.1) is 5.92 Å². The van der Waals surface area contributed by atoms with Gasteiger partial charge in [0, 0.05) is 17.5 Å². The number of nitrogens with one attached hydrogen (secondary N) is 1. The molecule has 0 radical (unpaired) electrons. The van der Waals surface area contributed by atoms with E-state index in [1.807, 2.05) is 11.3 Å². The van der Waals surface area contributed by atoms with Crippen LogP contribution in [-0.4, -0.2) is 11.0 Å². The van der Waals surface area contributed by atoms with Crippen molar-refractivity contribution >= 4 is 11.3 Å². The maximum atomic E-state index is 4.75. The highest BCUT2D eigenvalue weighted by atomic mass is 32.1. The average Bonchev–Trinajstić information content (AvgIpc) is 2.98. The number of rotatable bonds is 6. The molecular formula is C13H22N2S. The van der Waals surface area contributed by atoms with Gasteiger partial charge in [-0.1, -0.05) is 20.8 Å². The topological polar surface area (TPSA) is 24.9 Å². The molecule has 1 fully saturated rings. The number of aryl methyl sites for hydroxylation is 1. The first-order valence-electron chi connectivity index (χ1n) is 6.39. The molecule has 0 aliphatic heterocycles. The minimum absolute atomic E-state index is 0.700. The fourth-order valence-electron chi connectivity index (χ4n) is 1.80. The predicted molar refractivity (Wildman–Crippen MR) is 69.9 cm³/mol. The van der Waals surface area contributed by atoms with Gasteiger partial charge >= 0.3 is 0 Å². The van der Waals surface area contributed by atoms with Crippen LogP contribution in [0.1, 0.15) is 49.2 Å². The fourth-order valence-corrected chi connectivity index (χ4v) is 2.78. The molecule has 1 aliphatic carbocycles. The monoisotopic (exact) mass is 238 g/mol. The Morgan fingerprint density at radius 2 is 2.19 bits per heavy atom. The molecule has 0 bridgehead atoms. The molecule has 2 rings (SSSR count). The number of aromatic nitrogens is 1. The van der Waals surface area contributed by atoms with Crippen molar-refractivity contribution < 1.29 is 0 Å². The molecule has 0 amide bonds. The van der Waals surface area contributed by atoms with E-state index in [1.165, 1.54) is 28.4 Å². The second-order valence-electron chi connectivity index (χ2n) is 5.08. The summed E-state index contributed by atoms with van der Waals surface area (Å²) in [5.74, 6) is 0.700. The fraction of sp³-hybridized carbons (Fsp3) is 0.769. The summed E-state index contributed by atoms with van der Waals surface area (Å²) in [6.07, 6.45) is 4.91. The van der Waals surface area contributed by atoms with E-state index in [2.05, 4.69) is 26.1 Å². The van der Waals surface area contributed by atoms with E-state index in [-0.39, 0.29) is 0 Å². The Morgan fingerprint density at radius 3 is 2.75 bits per heavy atom. The highest BCUT2D eigenvalue weighted by Gasteiger charge is 2.21. The van der Waals surface area contributed by atoms with Gasteiger partial charge in [-0.3, -0.25) is 0 Å². The second kappa shape index (κ2) is 5.28. The lowest BCUT2D eigenvalue weighted by atomic mass is 10.1. The maximum Gasteiger partial charge on any atom is 0.0928 e.